The van der Waals surface area contributed by atoms with Crippen LogP contribution in [0.15, 0.2) is 24.3 Å². The fraction of sp³-hybridized carbons (Fsp3) is 0.632. The van der Waals surface area contributed by atoms with E-state index in [9.17, 15) is 4.79 Å². The van der Waals surface area contributed by atoms with E-state index >= 15 is 0 Å². The molecule has 23 heavy (non-hydrogen) atoms. The van der Waals surface area contributed by atoms with Gasteiger partial charge in [-0.3, -0.25) is 0 Å². The maximum absolute atomic E-state index is 12.2. The molecule has 1 aromatic rings. The molecule has 0 spiro atoms. The van der Waals surface area contributed by atoms with Crippen LogP contribution in [0.1, 0.15) is 62.7 Å². The van der Waals surface area contributed by atoms with Crippen molar-refractivity contribution >= 4 is 6.09 Å². The van der Waals surface area contributed by atoms with Gasteiger partial charge in [-0.25, -0.2) is 4.79 Å². The lowest BCUT2D eigenvalue weighted by atomic mass is 9.96. The smallest absolute Gasteiger partial charge is 0.407 e. The molecule has 2 rings (SSSR count). The summed E-state index contributed by atoms with van der Waals surface area (Å²) in [5.41, 5.74) is 2.22. The predicted octanol–water partition coefficient (Wildman–Crippen LogP) is 4.52. The van der Waals surface area contributed by atoms with E-state index in [1.54, 1.807) is 7.11 Å². The lowest BCUT2D eigenvalue weighted by Gasteiger charge is -2.28. The van der Waals surface area contributed by atoms with E-state index in [2.05, 4.69) is 18.3 Å². The molecular formula is C19H29NO3. The number of carbonyl (C=O) groups is 1. The van der Waals surface area contributed by atoms with E-state index in [0.29, 0.717) is 6.42 Å². The number of nitrogens with one attached hydrogen (secondary N) is 1. The predicted molar refractivity (Wildman–Crippen MR) is 91.5 cm³/mol. The Morgan fingerprint density at radius 2 is 1.96 bits per heavy atom. The van der Waals surface area contributed by atoms with Crippen molar-refractivity contribution < 1.29 is 14.3 Å². The number of hydrogen-bond acceptors (Lipinski definition) is 3. The Bertz CT molecular complexity index is 497. The summed E-state index contributed by atoms with van der Waals surface area (Å²) in [6, 6.07) is 8.34. The van der Waals surface area contributed by atoms with Crippen LogP contribution in [0.25, 0.3) is 0 Å². The zero-order valence-corrected chi connectivity index (χ0v) is 14.5. The summed E-state index contributed by atoms with van der Waals surface area (Å²) >= 11 is 0. The topological polar surface area (TPSA) is 47.6 Å². The van der Waals surface area contributed by atoms with Gasteiger partial charge in [-0.1, -0.05) is 50.5 Å². The molecule has 1 amide bonds. The highest BCUT2D eigenvalue weighted by Crippen LogP contribution is 2.28. The molecule has 1 N–H and O–H groups in total. The summed E-state index contributed by atoms with van der Waals surface area (Å²) < 4.78 is 11.3. The minimum atomic E-state index is -0.320. The third-order valence-electron chi connectivity index (χ3n) is 4.67. The second-order valence-electron chi connectivity index (χ2n) is 6.34. The maximum Gasteiger partial charge on any atom is 0.407 e. The van der Waals surface area contributed by atoms with Crippen LogP contribution in [-0.4, -0.2) is 25.3 Å². The van der Waals surface area contributed by atoms with Gasteiger partial charge in [0.05, 0.1) is 0 Å². The van der Waals surface area contributed by atoms with Gasteiger partial charge in [0.1, 0.15) is 12.2 Å². The van der Waals surface area contributed by atoms with Gasteiger partial charge in [0.25, 0.3) is 0 Å². The Balaban J connectivity index is 1.99. The Morgan fingerprint density at radius 1 is 1.26 bits per heavy atom. The molecule has 1 saturated carbocycles. The van der Waals surface area contributed by atoms with Gasteiger partial charge in [-0.2, -0.15) is 0 Å². The number of amides is 1. The van der Waals surface area contributed by atoms with E-state index in [1.807, 2.05) is 25.1 Å². The van der Waals surface area contributed by atoms with E-state index in [0.717, 1.165) is 24.0 Å². The number of methoxy groups -OCH3 is 1. The first kappa shape index (κ1) is 17.8. The highest BCUT2D eigenvalue weighted by atomic mass is 16.6. The largest absolute Gasteiger partial charge is 0.443 e. The molecule has 4 heteroatoms. The first-order chi connectivity index (χ1) is 11.2. The van der Waals surface area contributed by atoms with Crippen LogP contribution in [0.5, 0.6) is 0 Å². The summed E-state index contributed by atoms with van der Waals surface area (Å²) in [5.74, 6) is 0. The zero-order valence-electron chi connectivity index (χ0n) is 14.5. The Morgan fingerprint density at radius 3 is 2.57 bits per heavy atom. The van der Waals surface area contributed by atoms with Gasteiger partial charge in [-0.05, 0) is 37.3 Å². The number of hydrogen-bond donors (Lipinski definition) is 1. The van der Waals surface area contributed by atoms with Crippen molar-refractivity contribution in [2.75, 3.05) is 7.11 Å². The SMILES string of the molecule is CCC(OC(=O)NC1CCCCC1)C(OC)c1ccccc1C. The summed E-state index contributed by atoms with van der Waals surface area (Å²) in [5, 5.41) is 3.01. The van der Waals surface area contributed by atoms with E-state index in [4.69, 9.17) is 9.47 Å². The summed E-state index contributed by atoms with van der Waals surface area (Å²) in [6.45, 7) is 4.07. The molecule has 4 nitrogen and oxygen atoms in total. The number of carbonyl (C=O) groups excluding carboxylic acids is 1. The van der Waals surface area contributed by atoms with Crippen LogP contribution in [-0.2, 0) is 9.47 Å². The van der Waals surface area contributed by atoms with Crippen molar-refractivity contribution in [3.63, 3.8) is 0 Å². The molecule has 1 aromatic carbocycles. The van der Waals surface area contributed by atoms with Crippen molar-refractivity contribution in [2.45, 2.75) is 70.6 Å². The molecule has 0 radical (unpaired) electrons. The molecule has 1 fully saturated rings. The third-order valence-corrected chi connectivity index (χ3v) is 4.67. The fourth-order valence-corrected chi connectivity index (χ4v) is 3.33. The average molecular weight is 319 g/mol. The standard InChI is InChI=1S/C19H29NO3/c1-4-17(18(22-3)16-13-9-8-10-14(16)2)23-19(21)20-15-11-6-5-7-12-15/h8-10,13,15,17-18H,4-7,11-12H2,1-3H3,(H,20,21). The molecule has 1 aliphatic rings. The van der Waals surface area contributed by atoms with Crippen molar-refractivity contribution in [2.24, 2.45) is 0 Å². The zero-order chi connectivity index (χ0) is 16.7. The van der Waals surface area contributed by atoms with Gasteiger partial charge >= 0.3 is 6.09 Å². The van der Waals surface area contributed by atoms with E-state index in [-0.39, 0.29) is 24.3 Å². The van der Waals surface area contributed by atoms with Crippen LogP contribution in [0.4, 0.5) is 4.79 Å². The maximum atomic E-state index is 12.2. The van der Waals surface area contributed by atoms with E-state index < -0.39 is 0 Å². The van der Waals surface area contributed by atoms with Gasteiger partial charge in [0.15, 0.2) is 0 Å². The normalized spacial score (nSPS) is 18.2. The second-order valence-corrected chi connectivity index (χ2v) is 6.34. The third kappa shape index (κ3) is 4.96. The molecular weight excluding hydrogens is 290 g/mol. The molecule has 0 saturated heterocycles. The molecule has 0 heterocycles. The summed E-state index contributed by atoms with van der Waals surface area (Å²) in [6.07, 6.45) is 5.61. The summed E-state index contributed by atoms with van der Waals surface area (Å²) in [4.78, 5) is 12.2. The van der Waals surface area contributed by atoms with Crippen LogP contribution >= 0.6 is 0 Å². The van der Waals surface area contributed by atoms with Gasteiger partial charge in [0, 0.05) is 13.2 Å². The lowest BCUT2D eigenvalue weighted by Crippen LogP contribution is -2.39. The highest BCUT2D eigenvalue weighted by molar-refractivity contribution is 5.67. The number of ether oxygens (including phenoxy) is 2. The fourth-order valence-electron chi connectivity index (χ4n) is 3.33. The quantitative estimate of drug-likeness (QED) is 0.838. The van der Waals surface area contributed by atoms with Crippen LogP contribution in [0.2, 0.25) is 0 Å². The first-order valence-electron chi connectivity index (χ1n) is 8.71. The second kappa shape index (κ2) is 8.92. The summed E-state index contributed by atoms with van der Waals surface area (Å²) in [7, 11) is 1.67. The molecule has 2 unspecified atom stereocenters. The lowest BCUT2D eigenvalue weighted by molar-refractivity contribution is -0.0266. The van der Waals surface area contributed by atoms with Crippen molar-refractivity contribution in [1.82, 2.24) is 5.32 Å². The first-order valence-corrected chi connectivity index (χ1v) is 8.71. The Kier molecular flexibility index (Phi) is 6.90. The molecule has 2 atom stereocenters. The number of aryl methyl sites for hydroxylation is 1. The minimum Gasteiger partial charge on any atom is -0.443 e. The molecule has 0 aromatic heterocycles. The van der Waals surface area contributed by atoms with Crippen LogP contribution in [0, 0.1) is 6.92 Å². The molecule has 0 aliphatic heterocycles. The minimum absolute atomic E-state index is 0.238. The van der Waals surface area contributed by atoms with Crippen molar-refractivity contribution in [3.05, 3.63) is 35.4 Å². The molecule has 128 valence electrons. The average Bonchev–Trinajstić information content (AvgIpc) is 2.57. The Labute approximate surface area is 139 Å². The van der Waals surface area contributed by atoms with Gasteiger partial charge in [0.2, 0.25) is 0 Å². The highest BCUT2D eigenvalue weighted by Gasteiger charge is 2.27. The van der Waals surface area contributed by atoms with Crippen molar-refractivity contribution in [3.8, 4) is 0 Å². The van der Waals surface area contributed by atoms with Gasteiger partial charge < -0.3 is 14.8 Å². The van der Waals surface area contributed by atoms with Gasteiger partial charge in [-0.15, -0.1) is 0 Å². The Hall–Kier alpha value is -1.55. The number of benzene rings is 1. The monoisotopic (exact) mass is 319 g/mol. The van der Waals surface area contributed by atoms with Crippen molar-refractivity contribution in [1.29, 1.82) is 0 Å². The molecule has 1 aliphatic carbocycles. The number of rotatable bonds is 6. The number of alkyl carbamates (subject to hydrolysis) is 1. The van der Waals surface area contributed by atoms with E-state index in [1.165, 1.54) is 19.3 Å². The molecule has 0 bridgehead atoms. The van der Waals surface area contributed by atoms with Crippen LogP contribution < -0.4 is 5.32 Å². The van der Waals surface area contributed by atoms with Crippen LogP contribution in [0.3, 0.4) is 0 Å².